The molecule has 0 aliphatic rings. The van der Waals surface area contributed by atoms with Crippen LogP contribution in [0.1, 0.15) is 34.1 Å². The molecule has 0 aliphatic heterocycles. The molecule has 0 saturated heterocycles. The molecule has 0 spiro atoms. The fourth-order valence-corrected chi connectivity index (χ4v) is 1.19. The van der Waals surface area contributed by atoms with E-state index in [-0.39, 0.29) is 23.3 Å². The fourth-order valence-electron chi connectivity index (χ4n) is 1.19. The van der Waals surface area contributed by atoms with E-state index in [1.165, 1.54) is 0 Å². The Morgan fingerprint density at radius 1 is 1.44 bits per heavy atom. The molecule has 0 bridgehead atoms. The molecule has 0 fully saturated rings. The van der Waals surface area contributed by atoms with E-state index in [2.05, 4.69) is 19.2 Å². The van der Waals surface area contributed by atoms with Crippen LogP contribution in [0.2, 0.25) is 0 Å². The maximum Gasteiger partial charge on any atom is 0.224 e. The average Bonchev–Trinajstić information content (AvgIpc) is 2.22. The van der Waals surface area contributed by atoms with E-state index >= 15 is 0 Å². The largest absolute Gasteiger partial charge is 0.385 e. The van der Waals surface area contributed by atoms with Gasteiger partial charge in [-0.25, -0.2) is 0 Å². The Hall–Kier alpha value is -0.610. The Morgan fingerprint density at radius 3 is 2.44 bits per heavy atom. The predicted octanol–water partition coefficient (Wildman–Crippen LogP) is 1.15. The van der Waals surface area contributed by atoms with Crippen molar-refractivity contribution >= 4 is 5.91 Å². The highest BCUT2D eigenvalue weighted by molar-refractivity contribution is 5.78. The van der Waals surface area contributed by atoms with Gasteiger partial charge >= 0.3 is 0 Å². The van der Waals surface area contributed by atoms with Crippen molar-refractivity contribution < 1.29 is 9.53 Å². The van der Waals surface area contributed by atoms with Crippen molar-refractivity contribution in [1.82, 2.24) is 5.32 Å². The van der Waals surface area contributed by atoms with Gasteiger partial charge in [-0.15, -0.1) is 0 Å². The van der Waals surface area contributed by atoms with Gasteiger partial charge < -0.3 is 15.8 Å². The highest BCUT2D eigenvalue weighted by Crippen LogP contribution is 2.18. The highest BCUT2D eigenvalue weighted by Gasteiger charge is 2.22. The Balaban J connectivity index is 3.99. The molecule has 2 unspecified atom stereocenters. The van der Waals surface area contributed by atoms with Gasteiger partial charge in [0.2, 0.25) is 5.91 Å². The smallest absolute Gasteiger partial charge is 0.224 e. The monoisotopic (exact) mass is 230 g/mol. The van der Waals surface area contributed by atoms with Crippen LogP contribution in [-0.4, -0.2) is 32.2 Å². The van der Waals surface area contributed by atoms with Crippen molar-refractivity contribution in [2.24, 2.45) is 17.1 Å². The number of nitrogens with one attached hydrogen (secondary N) is 1. The van der Waals surface area contributed by atoms with E-state index in [1.807, 2.05) is 13.8 Å². The Bertz CT molecular complexity index is 215. The maximum atomic E-state index is 11.7. The topological polar surface area (TPSA) is 64.3 Å². The van der Waals surface area contributed by atoms with E-state index in [1.54, 1.807) is 7.11 Å². The molecule has 96 valence electrons. The molecule has 1 amide bonds. The van der Waals surface area contributed by atoms with Crippen LogP contribution in [0, 0.1) is 11.3 Å². The van der Waals surface area contributed by atoms with Crippen molar-refractivity contribution in [3.05, 3.63) is 0 Å². The maximum absolute atomic E-state index is 11.7. The molecule has 2 atom stereocenters. The van der Waals surface area contributed by atoms with Crippen LogP contribution in [0.4, 0.5) is 0 Å². The van der Waals surface area contributed by atoms with E-state index in [0.29, 0.717) is 13.2 Å². The second kappa shape index (κ2) is 6.86. The molecule has 0 aromatic carbocycles. The summed E-state index contributed by atoms with van der Waals surface area (Å²) in [5, 5.41) is 2.94. The lowest BCUT2D eigenvalue weighted by Gasteiger charge is -2.26. The van der Waals surface area contributed by atoms with E-state index in [4.69, 9.17) is 10.5 Å². The number of carbonyl (C=O) groups is 1. The summed E-state index contributed by atoms with van der Waals surface area (Å²) >= 11 is 0. The highest BCUT2D eigenvalue weighted by atomic mass is 16.5. The second-order valence-electron chi connectivity index (χ2n) is 5.27. The molecule has 4 heteroatoms. The molecule has 0 aliphatic carbocycles. The van der Waals surface area contributed by atoms with Crippen LogP contribution in [-0.2, 0) is 9.53 Å². The summed E-state index contributed by atoms with van der Waals surface area (Å²) in [5.41, 5.74) is 5.73. The first-order valence-electron chi connectivity index (χ1n) is 5.82. The summed E-state index contributed by atoms with van der Waals surface area (Å²) in [5.74, 6) is -0.112. The summed E-state index contributed by atoms with van der Waals surface area (Å²) in [6.45, 7) is 9.30. The van der Waals surface area contributed by atoms with E-state index in [0.717, 1.165) is 6.42 Å². The molecular formula is C12H26N2O2. The minimum absolute atomic E-state index is 0.0282. The molecule has 0 aromatic rings. The minimum atomic E-state index is -0.141. The number of methoxy groups -OCH3 is 1. The molecule has 16 heavy (non-hydrogen) atoms. The average molecular weight is 230 g/mol. The lowest BCUT2D eigenvalue weighted by molar-refractivity contribution is -0.125. The summed E-state index contributed by atoms with van der Waals surface area (Å²) in [7, 11) is 1.69. The lowest BCUT2D eigenvalue weighted by atomic mass is 9.89. The third kappa shape index (κ3) is 6.08. The number of ether oxygens (including phenoxy) is 1. The van der Waals surface area contributed by atoms with E-state index < -0.39 is 0 Å². The van der Waals surface area contributed by atoms with Crippen LogP contribution >= 0.6 is 0 Å². The summed E-state index contributed by atoms with van der Waals surface area (Å²) < 4.78 is 5.04. The van der Waals surface area contributed by atoms with Gasteiger partial charge in [-0.3, -0.25) is 4.79 Å². The van der Waals surface area contributed by atoms with Gasteiger partial charge in [-0.05, 0) is 18.8 Å². The standard InChI is InChI=1S/C12H26N2O2/c1-9(10(2)13)11(15)14-8-12(3,4)6-7-16-5/h9-10H,6-8,13H2,1-5H3,(H,14,15). The quantitative estimate of drug-likeness (QED) is 0.689. The van der Waals surface area contributed by atoms with Crippen molar-refractivity contribution in [3.63, 3.8) is 0 Å². The number of nitrogens with two attached hydrogens (primary N) is 1. The first-order valence-corrected chi connectivity index (χ1v) is 5.82. The van der Waals surface area contributed by atoms with Crippen molar-refractivity contribution in [1.29, 1.82) is 0 Å². The van der Waals surface area contributed by atoms with Gasteiger partial charge in [-0.1, -0.05) is 20.8 Å². The zero-order chi connectivity index (χ0) is 12.8. The van der Waals surface area contributed by atoms with Gasteiger partial charge in [0.05, 0.1) is 0 Å². The number of hydrogen-bond acceptors (Lipinski definition) is 3. The number of rotatable bonds is 7. The van der Waals surface area contributed by atoms with Crippen LogP contribution < -0.4 is 11.1 Å². The predicted molar refractivity (Wildman–Crippen MR) is 66.1 cm³/mol. The zero-order valence-corrected chi connectivity index (χ0v) is 11.2. The van der Waals surface area contributed by atoms with Crippen LogP contribution in [0.3, 0.4) is 0 Å². The third-order valence-corrected chi connectivity index (χ3v) is 2.93. The molecule has 0 aromatic heterocycles. The normalized spacial score (nSPS) is 15.6. The first-order chi connectivity index (χ1) is 7.30. The molecule has 3 N–H and O–H groups in total. The summed E-state index contributed by atoms with van der Waals surface area (Å²) in [6, 6.07) is -0.109. The molecule has 0 radical (unpaired) electrons. The molecule has 0 rings (SSSR count). The Morgan fingerprint density at radius 2 is 2.00 bits per heavy atom. The molecule has 0 heterocycles. The van der Waals surface area contributed by atoms with Gasteiger partial charge in [0.1, 0.15) is 0 Å². The van der Waals surface area contributed by atoms with Gasteiger partial charge in [0, 0.05) is 32.2 Å². The minimum Gasteiger partial charge on any atom is -0.385 e. The number of hydrogen-bond donors (Lipinski definition) is 2. The van der Waals surface area contributed by atoms with Gasteiger partial charge in [0.25, 0.3) is 0 Å². The first kappa shape index (κ1) is 15.4. The molecule has 4 nitrogen and oxygen atoms in total. The van der Waals surface area contributed by atoms with Crippen molar-refractivity contribution in [2.75, 3.05) is 20.3 Å². The SMILES string of the molecule is COCCC(C)(C)CNC(=O)C(C)C(C)N. The van der Waals surface area contributed by atoms with E-state index in [9.17, 15) is 4.79 Å². The van der Waals surface area contributed by atoms with Crippen LogP contribution in [0.5, 0.6) is 0 Å². The Labute approximate surface area is 98.9 Å². The van der Waals surface area contributed by atoms with Crippen molar-refractivity contribution in [3.8, 4) is 0 Å². The number of amides is 1. The summed E-state index contributed by atoms with van der Waals surface area (Å²) in [4.78, 5) is 11.7. The number of carbonyl (C=O) groups excluding carboxylic acids is 1. The Kier molecular flexibility index (Phi) is 6.60. The molecule has 0 saturated carbocycles. The van der Waals surface area contributed by atoms with Crippen LogP contribution in [0.15, 0.2) is 0 Å². The van der Waals surface area contributed by atoms with Crippen LogP contribution in [0.25, 0.3) is 0 Å². The summed E-state index contributed by atoms with van der Waals surface area (Å²) in [6.07, 6.45) is 0.927. The van der Waals surface area contributed by atoms with Crippen molar-refractivity contribution in [2.45, 2.75) is 40.2 Å². The third-order valence-electron chi connectivity index (χ3n) is 2.93. The zero-order valence-electron chi connectivity index (χ0n) is 11.2. The van der Waals surface area contributed by atoms with Gasteiger partial charge in [0.15, 0.2) is 0 Å². The molecular weight excluding hydrogens is 204 g/mol. The van der Waals surface area contributed by atoms with Gasteiger partial charge in [-0.2, -0.15) is 0 Å². The lowest BCUT2D eigenvalue weighted by Crippen LogP contribution is -2.42. The fraction of sp³-hybridized carbons (Fsp3) is 0.917. The second-order valence-corrected chi connectivity index (χ2v) is 5.27.